The zero-order valence-electron chi connectivity index (χ0n) is 15.9. The van der Waals surface area contributed by atoms with Gasteiger partial charge in [0.15, 0.2) is 0 Å². The summed E-state index contributed by atoms with van der Waals surface area (Å²) in [5.41, 5.74) is 0.300. The lowest BCUT2D eigenvalue weighted by Gasteiger charge is -2.45. The number of fused-ring (bicyclic) bond motifs is 2. The largest absolute Gasteiger partial charge is 0.468 e. The van der Waals surface area contributed by atoms with Crippen LogP contribution in [0.2, 0.25) is 0 Å². The predicted molar refractivity (Wildman–Crippen MR) is 100 cm³/mol. The van der Waals surface area contributed by atoms with E-state index in [1.807, 2.05) is 42.1 Å². The number of aryl methyl sites for hydroxylation is 1. The van der Waals surface area contributed by atoms with Crippen LogP contribution in [0.15, 0.2) is 30.5 Å². The molecule has 2 aliphatic rings. The van der Waals surface area contributed by atoms with E-state index in [2.05, 4.69) is 0 Å². The van der Waals surface area contributed by atoms with Gasteiger partial charge in [-0.15, -0.1) is 0 Å². The van der Waals surface area contributed by atoms with E-state index < -0.39 is 42.0 Å². The van der Waals surface area contributed by atoms with Crippen molar-refractivity contribution in [1.29, 1.82) is 0 Å². The second-order valence-corrected chi connectivity index (χ2v) is 7.94. The number of hydrogen-bond acceptors (Lipinski definition) is 7. The van der Waals surface area contributed by atoms with Crippen LogP contribution in [0, 0.1) is 0 Å². The third-order valence-corrected chi connectivity index (χ3v) is 6.40. The van der Waals surface area contributed by atoms with Crippen LogP contribution in [-0.2, 0) is 23.1 Å². The van der Waals surface area contributed by atoms with Gasteiger partial charge in [0.2, 0.25) is 0 Å². The number of esters is 1. The molecule has 6 atom stereocenters. The zero-order chi connectivity index (χ0) is 20.2. The van der Waals surface area contributed by atoms with Gasteiger partial charge in [-0.25, -0.2) is 0 Å². The van der Waals surface area contributed by atoms with Crippen LogP contribution in [0.5, 0.6) is 0 Å². The Morgan fingerprint density at radius 1 is 1.29 bits per heavy atom. The number of carbonyl (C=O) groups excluding carboxylic acids is 1. The Morgan fingerprint density at radius 2 is 2.00 bits per heavy atom. The highest BCUT2D eigenvalue weighted by molar-refractivity contribution is 5.84. The first-order valence-corrected chi connectivity index (χ1v) is 9.41. The molecule has 8 nitrogen and oxygen atoms in total. The lowest BCUT2D eigenvalue weighted by atomic mass is 9.75. The van der Waals surface area contributed by atoms with Crippen molar-refractivity contribution in [1.82, 2.24) is 9.47 Å². The van der Waals surface area contributed by atoms with E-state index in [1.165, 1.54) is 7.11 Å². The number of methoxy groups -OCH3 is 1. The summed E-state index contributed by atoms with van der Waals surface area (Å²) in [6, 6.07) is 6.41. The van der Waals surface area contributed by atoms with Crippen molar-refractivity contribution in [3.8, 4) is 0 Å². The molecule has 4 rings (SSSR count). The number of aliphatic hydroxyl groups is 4. The first-order valence-electron chi connectivity index (χ1n) is 9.41. The summed E-state index contributed by atoms with van der Waals surface area (Å²) >= 11 is 0. The molecule has 1 saturated carbocycles. The Labute approximate surface area is 162 Å². The van der Waals surface area contributed by atoms with Gasteiger partial charge in [-0.1, -0.05) is 18.2 Å². The van der Waals surface area contributed by atoms with Crippen molar-refractivity contribution in [3.05, 3.63) is 36.0 Å². The Morgan fingerprint density at radius 3 is 2.71 bits per heavy atom. The lowest BCUT2D eigenvalue weighted by molar-refractivity contribution is -0.197. The van der Waals surface area contributed by atoms with Crippen molar-refractivity contribution in [2.24, 2.45) is 7.05 Å². The smallest absolute Gasteiger partial charge is 0.323 e. The Hall–Kier alpha value is -1.97. The van der Waals surface area contributed by atoms with Crippen LogP contribution in [0.25, 0.3) is 10.9 Å². The van der Waals surface area contributed by atoms with Crippen molar-refractivity contribution in [3.63, 3.8) is 0 Å². The number of ether oxygens (including phenoxy) is 1. The van der Waals surface area contributed by atoms with Crippen molar-refractivity contribution < 1.29 is 30.0 Å². The first kappa shape index (κ1) is 19.4. The van der Waals surface area contributed by atoms with Gasteiger partial charge in [0.05, 0.1) is 13.2 Å². The van der Waals surface area contributed by atoms with E-state index in [0.717, 1.165) is 16.5 Å². The second-order valence-electron chi connectivity index (χ2n) is 7.94. The van der Waals surface area contributed by atoms with E-state index in [4.69, 9.17) is 4.74 Å². The average Bonchev–Trinajstić information content (AvgIpc) is 3.16. The number of aromatic nitrogens is 1. The normalized spacial score (nSPS) is 35.9. The molecule has 2 heterocycles. The van der Waals surface area contributed by atoms with Crippen molar-refractivity contribution >= 4 is 16.9 Å². The standard InChI is InChI=1S/C20H26N2O6/c1-21-9-11(12-5-3-4-6-13(12)21)10-22-14(19(26)28-2)8-20(27)16(22)7-15(23)17(24)18(20)25/h3-6,9,14-18,23-25,27H,7-8,10H2,1-2H3/t14-,15+,16+,17-,18-,20-/m0/s1. The SMILES string of the molecule is COC(=O)[C@@H]1C[C@@]2(O)[C@@H](O)[C@@H](O)[C@H](O)C[C@H]2N1Cc1cn(C)c2ccccc12. The molecule has 1 aliphatic heterocycles. The topological polar surface area (TPSA) is 115 Å². The maximum Gasteiger partial charge on any atom is 0.323 e. The maximum atomic E-state index is 12.5. The molecule has 1 aromatic heterocycles. The highest BCUT2D eigenvalue weighted by Crippen LogP contribution is 2.44. The highest BCUT2D eigenvalue weighted by Gasteiger charge is 2.62. The number of benzene rings is 1. The summed E-state index contributed by atoms with van der Waals surface area (Å²) in [4.78, 5) is 14.2. The van der Waals surface area contributed by atoms with Crippen molar-refractivity contribution in [2.45, 2.75) is 55.4 Å². The van der Waals surface area contributed by atoms with E-state index in [1.54, 1.807) is 4.90 Å². The first-order chi connectivity index (χ1) is 13.3. The number of carbonyl (C=O) groups is 1. The molecule has 28 heavy (non-hydrogen) atoms. The molecule has 1 aliphatic carbocycles. The lowest BCUT2D eigenvalue weighted by Crippen LogP contribution is -2.64. The molecular formula is C20H26N2O6. The molecule has 8 heteroatoms. The Balaban J connectivity index is 1.75. The summed E-state index contributed by atoms with van der Waals surface area (Å²) in [5.74, 6) is -0.515. The number of likely N-dealkylation sites (tertiary alicyclic amines) is 1. The van der Waals surface area contributed by atoms with Gasteiger partial charge in [-0.2, -0.15) is 0 Å². The highest BCUT2D eigenvalue weighted by atomic mass is 16.5. The predicted octanol–water partition coefficient (Wildman–Crippen LogP) is -0.488. The van der Waals surface area contributed by atoms with E-state index in [9.17, 15) is 25.2 Å². The van der Waals surface area contributed by atoms with Crippen LogP contribution in [0.3, 0.4) is 0 Å². The molecule has 4 N–H and O–H groups in total. The van der Waals surface area contributed by atoms with Gasteiger partial charge in [0.1, 0.15) is 23.9 Å². The van der Waals surface area contributed by atoms with Gasteiger partial charge in [-0.3, -0.25) is 9.69 Å². The molecular weight excluding hydrogens is 364 g/mol. The third kappa shape index (κ3) is 2.75. The van der Waals surface area contributed by atoms with Gasteiger partial charge in [0, 0.05) is 43.2 Å². The molecule has 0 bridgehead atoms. The third-order valence-electron chi connectivity index (χ3n) is 6.40. The molecule has 2 aromatic rings. The number of nitrogens with zero attached hydrogens (tertiary/aromatic N) is 2. The van der Waals surface area contributed by atoms with Gasteiger partial charge >= 0.3 is 5.97 Å². The number of para-hydroxylation sites is 1. The molecule has 2 fully saturated rings. The average molecular weight is 390 g/mol. The minimum Gasteiger partial charge on any atom is -0.468 e. The van der Waals surface area contributed by atoms with Crippen LogP contribution >= 0.6 is 0 Å². The fraction of sp³-hybridized carbons (Fsp3) is 0.550. The minimum atomic E-state index is -1.71. The summed E-state index contributed by atoms with van der Waals surface area (Å²) in [6.07, 6.45) is -2.25. The van der Waals surface area contributed by atoms with Gasteiger partial charge in [-0.05, 0) is 18.1 Å². The van der Waals surface area contributed by atoms with E-state index in [-0.39, 0.29) is 12.8 Å². The fourth-order valence-electron chi connectivity index (χ4n) is 4.92. The molecule has 0 unspecified atom stereocenters. The Kier molecular flexibility index (Phi) is 4.71. The Bertz CT molecular complexity index is 898. The summed E-state index contributed by atoms with van der Waals surface area (Å²) in [6.45, 7) is 0.337. The van der Waals surface area contributed by atoms with Crippen LogP contribution in [0.4, 0.5) is 0 Å². The van der Waals surface area contributed by atoms with Crippen LogP contribution in [0.1, 0.15) is 18.4 Å². The molecule has 0 radical (unpaired) electrons. The fourth-order valence-corrected chi connectivity index (χ4v) is 4.92. The van der Waals surface area contributed by atoms with E-state index in [0.29, 0.717) is 6.54 Å². The van der Waals surface area contributed by atoms with Crippen LogP contribution in [-0.4, -0.2) is 79.0 Å². The van der Waals surface area contributed by atoms with Gasteiger partial charge in [0.25, 0.3) is 0 Å². The monoisotopic (exact) mass is 390 g/mol. The van der Waals surface area contributed by atoms with E-state index >= 15 is 0 Å². The summed E-state index contributed by atoms with van der Waals surface area (Å²) in [5, 5.41) is 42.9. The summed E-state index contributed by atoms with van der Waals surface area (Å²) in [7, 11) is 3.22. The van der Waals surface area contributed by atoms with Crippen molar-refractivity contribution in [2.75, 3.05) is 7.11 Å². The molecule has 0 amide bonds. The number of rotatable bonds is 3. The molecule has 0 spiro atoms. The maximum absolute atomic E-state index is 12.5. The van der Waals surface area contributed by atoms with Gasteiger partial charge < -0.3 is 29.7 Å². The summed E-state index contributed by atoms with van der Waals surface area (Å²) < 4.78 is 6.93. The van der Waals surface area contributed by atoms with Crippen LogP contribution < -0.4 is 0 Å². The second kappa shape index (κ2) is 6.82. The molecule has 1 aromatic carbocycles. The quantitative estimate of drug-likeness (QED) is 0.523. The molecule has 1 saturated heterocycles. The molecule has 152 valence electrons. The zero-order valence-corrected chi connectivity index (χ0v) is 15.9. The number of aliphatic hydroxyl groups excluding tert-OH is 3. The minimum absolute atomic E-state index is 0.0486. The number of hydrogen-bond donors (Lipinski definition) is 4.